The molecule has 23 heavy (non-hydrogen) atoms. The Bertz CT molecular complexity index is 934. The maximum Gasteiger partial charge on any atom is 0.284 e. The van der Waals surface area contributed by atoms with Gasteiger partial charge in [-0.3, -0.25) is 9.59 Å². The van der Waals surface area contributed by atoms with E-state index >= 15 is 0 Å². The zero-order valence-electron chi connectivity index (χ0n) is 11.7. The number of nitrogens with zero attached hydrogens (tertiary/aromatic N) is 2. The molecule has 3 aromatic rings. The van der Waals surface area contributed by atoms with Gasteiger partial charge in [0, 0.05) is 12.1 Å². The molecule has 0 aliphatic rings. The van der Waals surface area contributed by atoms with Gasteiger partial charge >= 0.3 is 0 Å². The minimum absolute atomic E-state index is 0.106. The first-order valence-corrected chi connectivity index (χ1v) is 7.37. The molecule has 1 heterocycles. The van der Waals surface area contributed by atoms with Gasteiger partial charge in [-0.2, -0.15) is 0 Å². The summed E-state index contributed by atoms with van der Waals surface area (Å²) in [7, 11) is 0. The molecule has 7 heteroatoms. The zero-order chi connectivity index (χ0) is 16.6. The molecule has 0 unspecified atom stereocenters. The van der Waals surface area contributed by atoms with Crippen LogP contribution in [0.3, 0.4) is 0 Å². The SMILES string of the molecule is NC(=O)c1nc2ccc([C]=O)cc2n1Cc1ccc(Cl)c(Cl)c1. The van der Waals surface area contributed by atoms with Gasteiger partial charge in [0.2, 0.25) is 6.29 Å². The normalized spacial score (nSPS) is 10.9. The Morgan fingerprint density at radius 1 is 1.17 bits per heavy atom. The average molecular weight is 347 g/mol. The van der Waals surface area contributed by atoms with Crippen LogP contribution in [-0.4, -0.2) is 21.7 Å². The van der Waals surface area contributed by atoms with E-state index in [2.05, 4.69) is 4.98 Å². The van der Waals surface area contributed by atoms with E-state index in [1.807, 2.05) is 6.29 Å². The molecule has 0 fully saturated rings. The fourth-order valence-corrected chi connectivity index (χ4v) is 2.68. The highest BCUT2D eigenvalue weighted by molar-refractivity contribution is 6.42. The van der Waals surface area contributed by atoms with Crippen LogP contribution >= 0.6 is 23.2 Å². The number of amides is 1. The van der Waals surface area contributed by atoms with Crippen molar-refractivity contribution in [3.05, 3.63) is 63.4 Å². The van der Waals surface area contributed by atoms with Crippen LogP contribution in [0.5, 0.6) is 0 Å². The van der Waals surface area contributed by atoms with Crippen molar-refractivity contribution in [1.29, 1.82) is 0 Å². The number of carbonyl (C=O) groups excluding carboxylic acids is 2. The van der Waals surface area contributed by atoms with E-state index in [1.54, 1.807) is 41.0 Å². The summed E-state index contributed by atoms with van der Waals surface area (Å²) in [6.45, 7) is 0.313. The smallest absolute Gasteiger partial charge is 0.284 e. The van der Waals surface area contributed by atoms with Crippen LogP contribution in [0.2, 0.25) is 10.0 Å². The van der Waals surface area contributed by atoms with Crippen molar-refractivity contribution < 1.29 is 9.59 Å². The van der Waals surface area contributed by atoms with E-state index in [0.717, 1.165) is 5.56 Å². The lowest BCUT2D eigenvalue weighted by molar-refractivity contribution is 0.0987. The Morgan fingerprint density at radius 3 is 2.61 bits per heavy atom. The zero-order valence-corrected chi connectivity index (χ0v) is 13.2. The van der Waals surface area contributed by atoms with Crippen molar-refractivity contribution in [2.75, 3.05) is 0 Å². The van der Waals surface area contributed by atoms with Crippen LogP contribution in [0.25, 0.3) is 11.0 Å². The Balaban J connectivity index is 2.16. The summed E-state index contributed by atoms with van der Waals surface area (Å²) in [6.07, 6.45) is 1.82. The molecule has 1 aromatic heterocycles. The molecule has 0 bridgehead atoms. The number of imidazole rings is 1. The van der Waals surface area contributed by atoms with Crippen LogP contribution in [-0.2, 0) is 11.3 Å². The molecule has 1 amide bonds. The van der Waals surface area contributed by atoms with Crippen LogP contribution in [0, 0.1) is 0 Å². The molecule has 3 rings (SSSR count). The fourth-order valence-electron chi connectivity index (χ4n) is 2.35. The van der Waals surface area contributed by atoms with Gasteiger partial charge in [0.25, 0.3) is 5.91 Å². The van der Waals surface area contributed by atoms with Gasteiger partial charge in [-0.05, 0) is 35.9 Å². The van der Waals surface area contributed by atoms with Crippen molar-refractivity contribution in [2.45, 2.75) is 6.54 Å². The standard InChI is InChI=1S/C16H10Cl2N3O2/c17-11-3-1-9(5-12(11)18)7-21-14-6-10(8-22)2-4-13(14)20-16(21)15(19)23/h1-6H,7H2,(H2,19,23). The number of fused-ring (bicyclic) bond motifs is 1. The number of hydrogen-bond acceptors (Lipinski definition) is 3. The minimum atomic E-state index is -0.655. The number of rotatable bonds is 4. The molecule has 2 aromatic carbocycles. The molecule has 115 valence electrons. The average Bonchev–Trinajstić information content (AvgIpc) is 2.89. The summed E-state index contributed by atoms with van der Waals surface area (Å²) in [6, 6.07) is 10.0. The van der Waals surface area contributed by atoms with E-state index in [-0.39, 0.29) is 5.82 Å². The molecule has 0 atom stereocenters. The number of carbonyl (C=O) groups is 1. The largest absolute Gasteiger partial charge is 0.363 e. The quantitative estimate of drug-likeness (QED) is 0.788. The van der Waals surface area contributed by atoms with Gasteiger partial charge < -0.3 is 10.3 Å². The highest BCUT2D eigenvalue weighted by Gasteiger charge is 2.16. The molecule has 1 radical (unpaired) electrons. The minimum Gasteiger partial charge on any atom is -0.363 e. The summed E-state index contributed by atoms with van der Waals surface area (Å²) in [4.78, 5) is 26.8. The predicted octanol–water partition coefficient (Wildman–Crippen LogP) is 2.95. The Hall–Kier alpha value is -2.37. The summed E-state index contributed by atoms with van der Waals surface area (Å²) in [5.41, 5.74) is 7.78. The lowest BCUT2D eigenvalue weighted by Crippen LogP contribution is -2.18. The summed E-state index contributed by atoms with van der Waals surface area (Å²) < 4.78 is 1.64. The maximum absolute atomic E-state index is 11.7. The highest BCUT2D eigenvalue weighted by atomic mass is 35.5. The maximum atomic E-state index is 11.7. The molecule has 0 saturated carbocycles. The summed E-state index contributed by atoms with van der Waals surface area (Å²) in [5.74, 6) is -0.549. The number of hydrogen-bond donors (Lipinski definition) is 1. The lowest BCUT2D eigenvalue weighted by Gasteiger charge is -2.09. The Labute approximate surface area is 141 Å². The molecule has 0 aliphatic carbocycles. The lowest BCUT2D eigenvalue weighted by atomic mass is 10.2. The molecule has 0 saturated heterocycles. The van der Waals surface area contributed by atoms with E-state index < -0.39 is 5.91 Å². The Morgan fingerprint density at radius 2 is 1.96 bits per heavy atom. The molecular formula is C16H10Cl2N3O2. The fraction of sp³-hybridized carbons (Fsp3) is 0.0625. The second-order valence-electron chi connectivity index (χ2n) is 4.94. The van der Waals surface area contributed by atoms with Gasteiger partial charge in [0.1, 0.15) is 0 Å². The number of primary amides is 1. The van der Waals surface area contributed by atoms with Crippen molar-refractivity contribution in [3.8, 4) is 0 Å². The summed E-state index contributed by atoms with van der Waals surface area (Å²) >= 11 is 11.9. The van der Waals surface area contributed by atoms with Gasteiger partial charge in [-0.15, -0.1) is 0 Å². The number of nitrogens with two attached hydrogens (primary N) is 1. The van der Waals surface area contributed by atoms with Gasteiger partial charge in [-0.25, -0.2) is 4.98 Å². The first-order valence-electron chi connectivity index (χ1n) is 6.62. The third kappa shape index (κ3) is 2.93. The van der Waals surface area contributed by atoms with Crippen LogP contribution in [0.15, 0.2) is 36.4 Å². The first kappa shape index (κ1) is 15.5. The molecule has 2 N–H and O–H groups in total. The van der Waals surface area contributed by atoms with Gasteiger partial charge in [0.05, 0.1) is 21.1 Å². The molecule has 0 spiro atoms. The molecule has 0 aliphatic heterocycles. The molecular weight excluding hydrogens is 337 g/mol. The molecule has 5 nitrogen and oxygen atoms in total. The van der Waals surface area contributed by atoms with Gasteiger partial charge in [-0.1, -0.05) is 29.3 Å². The number of aromatic nitrogens is 2. The second-order valence-corrected chi connectivity index (χ2v) is 5.75. The van der Waals surface area contributed by atoms with E-state index in [1.165, 1.54) is 0 Å². The van der Waals surface area contributed by atoms with Crippen molar-refractivity contribution in [3.63, 3.8) is 0 Å². The van der Waals surface area contributed by atoms with Crippen LogP contribution in [0.1, 0.15) is 21.7 Å². The topological polar surface area (TPSA) is 78.0 Å². The van der Waals surface area contributed by atoms with Crippen molar-refractivity contribution in [2.24, 2.45) is 5.73 Å². The van der Waals surface area contributed by atoms with Crippen molar-refractivity contribution in [1.82, 2.24) is 9.55 Å². The third-order valence-electron chi connectivity index (χ3n) is 3.41. The monoisotopic (exact) mass is 346 g/mol. The number of halogens is 2. The first-order chi connectivity index (χ1) is 11.0. The van der Waals surface area contributed by atoms with E-state index in [4.69, 9.17) is 28.9 Å². The second kappa shape index (κ2) is 6.02. The van der Waals surface area contributed by atoms with Crippen LogP contribution < -0.4 is 5.73 Å². The highest BCUT2D eigenvalue weighted by Crippen LogP contribution is 2.25. The Kier molecular flexibility index (Phi) is 4.07. The van der Waals surface area contributed by atoms with Crippen LogP contribution in [0.4, 0.5) is 0 Å². The predicted molar refractivity (Wildman–Crippen MR) is 88.6 cm³/mol. The van der Waals surface area contributed by atoms with Crippen molar-refractivity contribution >= 4 is 46.4 Å². The van der Waals surface area contributed by atoms with E-state index in [0.29, 0.717) is 33.2 Å². The number of benzene rings is 2. The van der Waals surface area contributed by atoms with E-state index in [9.17, 15) is 9.59 Å². The van der Waals surface area contributed by atoms with Gasteiger partial charge in [0.15, 0.2) is 5.82 Å². The third-order valence-corrected chi connectivity index (χ3v) is 4.15. The summed E-state index contributed by atoms with van der Waals surface area (Å²) in [5, 5.41) is 0.856.